The van der Waals surface area contributed by atoms with Gasteiger partial charge in [-0.1, -0.05) is 29.8 Å². The van der Waals surface area contributed by atoms with Crippen LogP contribution in [0.2, 0.25) is 5.02 Å². The number of nitrogens with zero attached hydrogens (tertiary/aromatic N) is 1. The zero-order valence-corrected chi connectivity index (χ0v) is 15.3. The number of rotatable bonds is 5. The summed E-state index contributed by atoms with van der Waals surface area (Å²) >= 11 is 7.51. The van der Waals surface area contributed by atoms with E-state index in [0.717, 1.165) is 30.8 Å². The monoisotopic (exact) mass is 374 g/mol. The van der Waals surface area contributed by atoms with Gasteiger partial charge in [0.15, 0.2) is 0 Å². The maximum atomic E-state index is 12.7. The van der Waals surface area contributed by atoms with Crippen molar-refractivity contribution < 1.29 is 9.59 Å². The van der Waals surface area contributed by atoms with Gasteiger partial charge in [-0.15, -0.1) is 11.8 Å². The first-order valence-electron chi connectivity index (χ1n) is 8.20. The first-order valence-corrected chi connectivity index (χ1v) is 9.56. The third kappa shape index (κ3) is 4.77. The second-order valence-electron chi connectivity index (χ2n) is 5.84. The number of hydrogen-bond donors (Lipinski definition) is 1. The fourth-order valence-electron chi connectivity index (χ4n) is 2.75. The molecule has 0 aliphatic carbocycles. The van der Waals surface area contributed by atoms with E-state index in [1.54, 1.807) is 18.2 Å². The van der Waals surface area contributed by atoms with Crippen LogP contribution in [0.3, 0.4) is 0 Å². The van der Waals surface area contributed by atoms with Gasteiger partial charge in [0.25, 0.3) is 5.91 Å². The Morgan fingerprint density at radius 1 is 1.08 bits per heavy atom. The van der Waals surface area contributed by atoms with Gasteiger partial charge in [0.05, 0.1) is 17.0 Å². The molecular formula is C19H19ClN2O2S. The van der Waals surface area contributed by atoms with E-state index in [0.29, 0.717) is 16.3 Å². The summed E-state index contributed by atoms with van der Waals surface area (Å²) in [7, 11) is 0. The third-order valence-electron chi connectivity index (χ3n) is 3.99. The van der Waals surface area contributed by atoms with Crippen LogP contribution in [0.4, 0.5) is 5.69 Å². The van der Waals surface area contributed by atoms with E-state index in [2.05, 4.69) is 5.32 Å². The van der Waals surface area contributed by atoms with Crippen molar-refractivity contribution in [2.75, 3.05) is 24.2 Å². The lowest BCUT2D eigenvalue weighted by molar-refractivity contribution is -0.113. The van der Waals surface area contributed by atoms with Gasteiger partial charge in [-0.3, -0.25) is 9.59 Å². The molecule has 6 heteroatoms. The van der Waals surface area contributed by atoms with Gasteiger partial charge in [-0.2, -0.15) is 0 Å². The van der Waals surface area contributed by atoms with Crippen LogP contribution in [0, 0.1) is 0 Å². The molecule has 25 heavy (non-hydrogen) atoms. The molecule has 0 unspecified atom stereocenters. The van der Waals surface area contributed by atoms with Crippen molar-refractivity contribution >= 4 is 40.9 Å². The highest BCUT2D eigenvalue weighted by Gasteiger charge is 2.22. The topological polar surface area (TPSA) is 49.4 Å². The number of benzene rings is 2. The number of nitrogens with one attached hydrogen (secondary N) is 1. The minimum atomic E-state index is -0.161. The normalized spacial score (nSPS) is 13.7. The Labute approximate surface area is 156 Å². The smallest absolute Gasteiger partial charge is 0.255 e. The summed E-state index contributed by atoms with van der Waals surface area (Å²) in [6, 6.07) is 14.7. The average molecular weight is 375 g/mol. The number of thioether (sulfide) groups is 1. The number of hydrogen-bond acceptors (Lipinski definition) is 3. The first-order chi connectivity index (χ1) is 12.1. The molecule has 1 aliphatic heterocycles. The Hall–Kier alpha value is -1.98. The van der Waals surface area contributed by atoms with Gasteiger partial charge in [0.2, 0.25) is 5.91 Å². The van der Waals surface area contributed by atoms with Crippen molar-refractivity contribution in [2.45, 2.75) is 17.7 Å². The molecule has 1 saturated heterocycles. The molecule has 2 aromatic carbocycles. The number of amides is 2. The van der Waals surface area contributed by atoms with Crippen molar-refractivity contribution in [1.82, 2.24) is 4.90 Å². The number of halogens is 1. The molecule has 1 N–H and O–H groups in total. The third-order valence-corrected chi connectivity index (χ3v) is 5.24. The summed E-state index contributed by atoms with van der Waals surface area (Å²) in [4.78, 5) is 27.8. The van der Waals surface area contributed by atoms with Crippen LogP contribution in [0.5, 0.6) is 0 Å². The Balaban J connectivity index is 1.69. The fraction of sp³-hybridized carbons (Fsp3) is 0.263. The quantitative estimate of drug-likeness (QED) is 0.793. The zero-order chi connectivity index (χ0) is 17.6. The number of anilines is 1. The van der Waals surface area contributed by atoms with Crippen LogP contribution in [-0.2, 0) is 4.79 Å². The van der Waals surface area contributed by atoms with E-state index in [9.17, 15) is 9.59 Å². The molecule has 130 valence electrons. The van der Waals surface area contributed by atoms with Crippen LogP contribution in [0.15, 0.2) is 53.4 Å². The summed E-state index contributed by atoms with van der Waals surface area (Å²) in [5, 5.41) is 3.32. The molecule has 0 spiro atoms. The summed E-state index contributed by atoms with van der Waals surface area (Å²) < 4.78 is 0. The lowest BCUT2D eigenvalue weighted by Crippen LogP contribution is -2.29. The second kappa shape index (κ2) is 8.41. The molecule has 0 bridgehead atoms. The van der Waals surface area contributed by atoms with Gasteiger partial charge < -0.3 is 10.2 Å². The van der Waals surface area contributed by atoms with E-state index in [-0.39, 0.29) is 17.6 Å². The predicted molar refractivity (Wildman–Crippen MR) is 102 cm³/mol. The van der Waals surface area contributed by atoms with E-state index < -0.39 is 0 Å². The lowest BCUT2D eigenvalue weighted by atomic mass is 10.1. The second-order valence-corrected chi connectivity index (χ2v) is 7.32. The Kier molecular flexibility index (Phi) is 6.00. The van der Waals surface area contributed by atoms with Crippen LogP contribution < -0.4 is 5.32 Å². The molecule has 2 aromatic rings. The van der Waals surface area contributed by atoms with Crippen molar-refractivity contribution in [3.8, 4) is 0 Å². The minimum Gasteiger partial charge on any atom is -0.339 e. The largest absolute Gasteiger partial charge is 0.339 e. The molecule has 1 aliphatic rings. The van der Waals surface area contributed by atoms with E-state index >= 15 is 0 Å². The molecule has 2 amide bonds. The minimum absolute atomic E-state index is 0.0554. The summed E-state index contributed by atoms with van der Waals surface area (Å²) in [5.41, 5.74) is 0.965. The Bertz CT molecular complexity index is 761. The van der Waals surface area contributed by atoms with Crippen molar-refractivity contribution in [3.63, 3.8) is 0 Å². The van der Waals surface area contributed by atoms with Crippen molar-refractivity contribution in [1.29, 1.82) is 0 Å². The molecule has 0 atom stereocenters. The molecule has 3 rings (SSSR count). The molecule has 0 radical (unpaired) electrons. The van der Waals surface area contributed by atoms with Gasteiger partial charge in [0.1, 0.15) is 0 Å². The van der Waals surface area contributed by atoms with Crippen molar-refractivity contribution in [2.24, 2.45) is 0 Å². The molecule has 0 aromatic heterocycles. The zero-order valence-electron chi connectivity index (χ0n) is 13.7. The molecule has 1 heterocycles. The SMILES string of the molecule is O=C(CSc1ccccc1)Nc1cc(Cl)ccc1C(=O)N1CCCC1. The Morgan fingerprint density at radius 3 is 2.52 bits per heavy atom. The molecule has 0 saturated carbocycles. The molecule has 4 nitrogen and oxygen atoms in total. The first kappa shape index (κ1) is 17.8. The van der Waals surface area contributed by atoms with Crippen LogP contribution in [-0.4, -0.2) is 35.6 Å². The standard InChI is InChI=1S/C19H19ClN2O2S/c20-14-8-9-16(19(24)22-10-4-5-11-22)17(12-14)21-18(23)13-25-15-6-2-1-3-7-15/h1-3,6-9,12H,4-5,10-11,13H2,(H,21,23). The van der Waals surface area contributed by atoms with Gasteiger partial charge >= 0.3 is 0 Å². The summed E-state index contributed by atoms with van der Waals surface area (Å²) in [6.07, 6.45) is 2.05. The number of carbonyl (C=O) groups excluding carboxylic acids is 2. The Morgan fingerprint density at radius 2 is 1.80 bits per heavy atom. The van der Waals surface area contributed by atoms with Crippen molar-refractivity contribution in [3.05, 3.63) is 59.1 Å². The van der Waals surface area contributed by atoms with Crippen LogP contribution >= 0.6 is 23.4 Å². The van der Waals surface area contributed by atoms with Gasteiger partial charge in [-0.25, -0.2) is 0 Å². The highest BCUT2D eigenvalue weighted by atomic mass is 35.5. The summed E-state index contributed by atoms with van der Waals surface area (Å²) in [5.74, 6) is 0.0557. The number of carbonyl (C=O) groups is 2. The predicted octanol–water partition coefficient (Wildman–Crippen LogP) is 4.31. The van der Waals surface area contributed by atoms with E-state index in [4.69, 9.17) is 11.6 Å². The highest BCUT2D eigenvalue weighted by Crippen LogP contribution is 2.25. The van der Waals surface area contributed by atoms with E-state index in [1.807, 2.05) is 35.2 Å². The maximum Gasteiger partial charge on any atom is 0.255 e. The average Bonchev–Trinajstić information content (AvgIpc) is 3.15. The van der Waals surface area contributed by atoms with Gasteiger partial charge in [0, 0.05) is 23.0 Å². The number of likely N-dealkylation sites (tertiary alicyclic amines) is 1. The maximum absolute atomic E-state index is 12.7. The molecule has 1 fully saturated rings. The highest BCUT2D eigenvalue weighted by molar-refractivity contribution is 8.00. The van der Waals surface area contributed by atoms with Gasteiger partial charge in [-0.05, 0) is 43.2 Å². The van der Waals surface area contributed by atoms with E-state index in [1.165, 1.54) is 11.8 Å². The van der Waals surface area contributed by atoms with Crippen LogP contribution in [0.25, 0.3) is 0 Å². The van der Waals surface area contributed by atoms with Crippen LogP contribution in [0.1, 0.15) is 23.2 Å². The lowest BCUT2D eigenvalue weighted by Gasteiger charge is -2.18. The summed E-state index contributed by atoms with van der Waals surface area (Å²) in [6.45, 7) is 1.53. The fourth-order valence-corrected chi connectivity index (χ4v) is 3.64. The molecular weight excluding hydrogens is 356 g/mol.